The van der Waals surface area contributed by atoms with E-state index in [0.717, 1.165) is 17.2 Å². The molecule has 0 saturated heterocycles. The molecule has 1 unspecified atom stereocenters. The van der Waals surface area contributed by atoms with Gasteiger partial charge in [0.1, 0.15) is 0 Å². The van der Waals surface area contributed by atoms with Gasteiger partial charge in [-0.2, -0.15) is 0 Å². The van der Waals surface area contributed by atoms with E-state index >= 15 is 0 Å². The van der Waals surface area contributed by atoms with Gasteiger partial charge in [0.15, 0.2) is 11.6 Å². The lowest BCUT2D eigenvalue weighted by Crippen LogP contribution is -2.15. The van der Waals surface area contributed by atoms with Crippen LogP contribution < -0.4 is 5.73 Å². The number of hydrogen-bond acceptors (Lipinski definition) is 1. The molecule has 2 N–H and O–H groups in total. The number of hydrogen-bond donors (Lipinski definition) is 1. The summed E-state index contributed by atoms with van der Waals surface area (Å²) < 4.78 is 26.1. The van der Waals surface area contributed by atoms with E-state index in [2.05, 4.69) is 0 Å². The third-order valence-corrected chi connectivity index (χ3v) is 3.44. The summed E-state index contributed by atoms with van der Waals surface area (Å²) in [7, 11) is 0. The Bertz CT molecular complexity index is 573. The van der Waals surface area contributed by atoms with Crippen LogP contribution in [0.3, 0.4) is 0 Å². The molecule has 1 atom stereocenters. The molecule has 0 aromatic heterocycles. The minimum Gasteiger partial charge on any atom is -0.324 e. The topological polar surface area (TPSA) is 26.0 Å². The van der Waals surface area contributed by atoms with Gasteiger partial charge >= 0.3 is 0 Å². The van der Waals surface area contributed by atoms with E-state index < -0.39 is 11.6 Å². The van der Waals surface area contributed by atoms with Crippen molar-refractivity contribution < 1.29 is 8.78 Å². The molecule has 2 aromatic rings. The average Bonchev–Trinajstić information content (AvgIpc) is 2.37. The molecular weight excluding hydrogens is 244 g/mol. The number of aryl methyl sites for hydroxylation is 2. The quantitative estimate of drug-likeness (QED) is 0.893. The van der Waals surface area contributed by atoms with Crippen LogP contribution in [0.5, 0.6) is 0 Å². The summed E-state index contributed by atoms with van der Waals surface area (Å²) >= 11 is 0. The van der Waals surface area contributed by atoms with Crippen molar-refractivity contribution in [2.24, 2.45) is 5.73 Å². The number of rotatable bonds is 3. The first-order valence-corrected chi connectivity index (χ1v) is 6.24. The highest BCUT2D eigenvalue weighted by Crippen LogP contribution is 2.22. The predicted octanol–water partition coefficient (Wildman–Crippen LogP) is 3.82. The van der Waals surface area contributed by atoms with Crippen molar-refractivity contribution in [1.82, 2.24) is 0 Å². The molecule has 0 aliphatic heterocycles. The largest absolute Gasteiger partial charge is 0.324 e. The average molecular weight is 261 g/mol. The number of nitrogens with two attached hydrogens (primary N) is 1. The molecule has 19 heavy (non-hydrogen) atoms. The van der Waals surface area contributed by atoms with Crippen LogP contribution in [-0.2, 0) is 6.42 Å². The van der Waals surface area contributed by atoms with Crippen molar-refractivity contribution in [1.29, 1.82) is 0 Å². The predicted molar refractivity (Wildman–Crippen MR) is 72.9 cm³/mol. The first-order valence-electron chi connectivity index (χ1n) is 6.24. The van der Waals surface area contributed by atoms with Gasteiger partial charge in [-0.3, -0.25) is 0 Å². The second kappa shape index (κ2) is 5.49. The molecular formula is C16H17F2N. The molecule has 0 spiro atoms. The first kappa shape index (κ1) is 13.7. The monoisotopic (exact) mass is 261 g/mol. The van der Waals surface area contributed by atoms with E-state index in [1.54, 1.807) is 0 Å². The molecule has 0 aliphatic rings. The third kappa shape index (κ3) is 2.99. The summed E-state index contributed by atoms with van der Waals surface area (Å²) in [5.41, 5.74) is 10.2. The summed E-state index contributed by atoms with van der Waals surface area (Å²) in [5.74, 6) is -1.70. The maximum absolute atomic E-state index is 13.2. The lowest BCUT2D eigenvalue weighted by molar-refractivity contribution is 0.505. The highest BCUT2D eigenvalue weighted by Gasteiger charge is 2.12. The molecule has 0 amide bonds. The Balaban J connectivity index is 2.25. The van der Waals surface area contributed by atoms with Gasteiger partial charge in [-0.05, 0) is 54.7 Å². The van der Waals surface area contributed by atoms with E-state index in [1.165, 1.54) is 17.7 Å². The zero-order valence-corrected chi connectivity index (χ0v) is 11.1. The molecule has 0 heterocycles. The van der Waals surface area contributed by atoms with E-state index in [0.29, 0.717) is 12.0 Å². The molecule has 100 valence electrons. The van der Waals surface area contributed by atoms with E-state index in [9.17, 15) is 8.78 Å². The van der Waals surface area contributed by atoms with Gasteiger partial charge < -0.3 is 5.73 Å². The van der Waals surface area contributed by atoms with E-state index in [-0.39, 0.29) is 6.04 Å². The molecule has 2 aromatic carbocycles. The van der Waals surface area contributed by atoms with Crippen LogP contribution >= 0.6 is 0 Å². The molecule has 1 nitrogen and oxygen atoms in total. The lowest BCUT2D eigenvalue weighted by Gasteiger charge is -2.16. The Labute approximate surface area is 112 Å². The zero-order chi connectivity index (χ0) is 14.0. The summed E-state index contributed by atoms with van der Waals surface area (Å²) in [6.07, 6.45) is 0.615. The van der Waals surface area contributed by atoms with Crippen molar-refractivity contribution in [2.75, 3.05) is 0 Å². The maximum Gasteiger partial charge on any atom is 0.159 e. The smallest absolute Gasteiger partial charge is 0.159 e. The second-order valence-corrected chi connectivity index (χ2v) is 4.85. The maximum atomic E-state index is 13.2. The minimum atomic E-state index is -0.852. The van der Waals surface area contributed by atoms with Crippen molar-refractivity contribution in [3.8, 4) is 0 Å². The third-order valence-electron chi connectivity index (χ3n) is 3.44. The summed E-state index contributed by atoms with van der Waals surface area (Å²) in [6, 6.07) is 9.55. The fourth-order valence-corrected chi connectivity index (χ4v) is 2.25. The number of halogens is 2. The second-order valence-electron chi connectivity index (χ2n) is 4.85. The standard InChI is InChI=1S/C16H17F2N/c1-10-4-3-5-11(2)13(10)9-16(19)12-6-7-14(17)15(18)8-12/h3-8,16H,9,19H2,1-2H3. The van der Waals surface area contributed by atoms with Crippen LogP contribution in [-0.4, -0.2) is 0 Å². The van der Waals surface area contributed by atoms with Gasteiger partial charge in [-0.25, -0.2) is 8.78 Å². The molecule has 0 saturated carbocycles. The van der Waals surface area contributed by atoms with Gasteiger partial charge in [-0.15, -0.1) is 0 Å². The highest BCUT2D eigenvalue weighted by atomic mass is 19.2. The van der Waals surface area contributed by atoms with Gasteiger partial charge in [0.25, 0.3) is 0 Å². The van der Waals surface area contributed by atoms with E-state index in [4.69, 9.17) is 5.73 Å². The lowest BCUT2D eigenvalue weighted by atomic mass is 9.93. The van der Waals surface area contributed by atoms with Crippen LogP contribution in [0.2, 0.25) is 0 Å². The fourth-order valence-electron chi connectivity index (χ4n) is 2.25. The molecule has 2 rings (SSSR count). The minimum absolute atomic E-state index is 0.338. The van der Waals surface area contributed by atoms with E-state index in [1.807, 2.05) is 32.0 Å². The first-order chi connectivity index (χ1) is 8.99. The van der Waals surface area contributed by atoms with Crippen LogP contribution in [0.1, 0.15) is 28.3 Å². The summed E-state index contributed by atoms with van der Waals surface area (Å²) in [4.78, 5) is 0. The molecule has 3 heteroatoms. The molecule has 0 fully saturated rings. The van der Waals surface area contributed by atoms with Crippen molar-refractivity contribution in [2.45, 2.75) is 26.3 Å². The van der Waals surface area contributed by atoms with Crippen LogP contribution in [0.25, 0.3) is 0 Å². The Kier molecular flexibility index (Phi) is 3.96. The van der Waals surface area contributed by atoms with Crippen LogP contribution in [0.4, 0.5) is 8.78 Å². The molecule has 0 radical (unpaired) electrons. The van der Waals surface area contributed by atoms with Crippen LogP contribution in [0, 0.1) is 25.5 Å². The normalized spacial score (nSPS) is 12.5. The molecule has 0 aliphatic carbocycles. The fraction of sp³-hybridized carbons (Fsp3) is 0.250. The zero-order valence-electron chi connectivity index (χ0n) is 11.1. The summed E-state index contributed by atoms with van der Waals surface area (Å²) in [5, 5.41) is 0. The van der Waals surface area contributed by atoms with Crippen LogP contribution in [0.15, 0.2) is 36.4 Å². The summed E-state index contributed by atoms with van der Waals surface area (Å²) in [6.45, 7) is 4.06. The van der Waals surface area contributed by atoms with Crippen molar-refractivity contribution >= 4 is 0 Å². The van der Waals surface area contributed by atoms with Crippen molar-refractivity contribution in [3.05, 3.63) is 70.3 Å². The Morgan fingerprint density at radius 3 is 2.21 bits per heavy atom. The highest BCUT2D eigenvalue weighted by molar-refractivity contribution is 5.35. The van der Waals surface area contributed by atoms with Gasteiger partial charge in [0.05, 0.1) is 0 Å². The SMILES string of the molecule is Cc1cccc(C)c1CC(N)c1ccc(F)c(F)c1. The Morgan fingerprint density at radius 1 is 1.00 bits per heavy atom. The van der Waals surface area contributed by atoms with Gasteiger partial charge in [-0.1, -0.05) is 24.3 Å². The van der Waals surface area contributed by atoms with Gasteiger partial charge in [0, 0.05) is 6.04 Å². The Morgan fingerprint density at radius 2 is 1.63 bits per heavy atom. The molecule has 0 bridgehead atoms. The number of benzene rings is 2. The van der Waals surface area contributed by atoms with Gasteiger partial charge in [0.2, 0.25) is 0 Å². The Hall–Kier alpha value is -1.74. The van der Waals surface area contributed by atoms with Crippen molar-refractivity contribution in [3.63, 3.8) is 0 Å².